The third-order valence-corrected chi connectivity index (χ3v) is 11.4. The van der Waals surface area contributed by atoms with Crippen molar-refractivity contribution in [2.75, 3.05) is 13.1 Å². The first-order valence-corrected chi connectivity index (χ1v) is 21.2. The summed E-state index contributed by atoms with van der Waals surface area (Å²) in [5, 5.41) is 31.4. The molecule has 5 amide bonds. The van der Waals surface area contributed by atoms with Gasteiger partial charge in [0.15, 0.2) is 0 Å². The van der Waals surface area contributed by atoms with Crippen molar-refractivity contribution in [2.24, 2.45) is 10.8 Å². The summed E-state index contributed by atoms with van der Waals surface area (Å²) >= 11 is 0. The summed E-state index contributed by atoms with van der Waals surface area (Å²) < 4.78 is 0. The Bertz CT molecular complexity index is 2310. The average molecular weight is 842 g/mol. The zero-order valence-corrected chi connectivity index (χ0v) is 36.4. The van der Waals surface area contributed by atoms with E-state index in [1.165, 1.54) is 0 Å². The summed E-state index contributed by atoms with van der Waals surface area (Å²) in [5.41, 5.74) is 3.81. The number of aromatic nitrogens is 2. The van der Waals surface area contributed by atoms with Crippen LogP contribution in [0.4, 0.5) is 9.59 Å². The molecule has 5 N–H and O–H groups in total. The van der Waals surface area contributed by atoms with Crippen LogP contribution >= 0.6 is 0 Å². The predicted octanol–water partition coefficient (Wildman–Crippen LogP) is 6.84. The number of hydrogen-bond acceptors (Lipinski definition) is 7. The van der Waals surface area contributed by atoms with E-state index in [1.807, 2.05) is 124 Å². The molecule has 13 heteroatoms. The lowest BCUT2D eigenvalue weighted by Gasteiger charge is -2.38. The van der Waals surface area contributed by atoms with Gasteiger partial charge in [-0.2, -0.15) is 0 Å². The van der Waals surface area contributed by atoms with E-state index in [-0.39, 0.29) is 24.8 Å². The number of carboxylic acid groups (broad SMARTS) is 1. The zero-order valence-electron chi connectivity index (χ0n) is 36.4. The molecule has 0 bridgehead atoms. The van der Waals surface area contributed by atoms with Crippen LogP contribution < -0.4 is 16.0 Å². The van der Waals surface area contributed by atoms with Crippen molar-refractivity contribution >= 4 is 34.8 Å². The summed E-state index contributed by atoms with van der Waals surface area (Å²) in [4.78, 5) is 66.9. The maximum atomic E-state index is 14.7. The van der Waals surface area contributed by atoms with Crippen molar-refractivity contribution < 1.29 is 29.4 Å². The topological polar surface area (TPSA) is 177 Å². The van der Waals surface area contributed by atoms with Crippen molar-refractivity contribution in [3.05, 3.63) is 132 Å². The number of carbonyl (C=O) groups excluding carboxylic acids is 3. The number of hydrogen-bond donors (Lipinski definition) is 5. The van der Waals surface area contributed by atoms with E-state index in [2.05, 4.69) is 25.9 Å². The molecule has 1 aliphatic rings. The maximum absolute atomic E-state index is 14.7. The standard InChI is InChI=1S/C49H59N7O6/c1-48(2,3)42(54-46(60)61)44(58)53-40(29-33-19-21-34(22-20-33)38-17-12-13-24-50-38)41(57)30-36(28-32-14-8-7-9-15-32)52-45(59)43(49(4,5)6)56-27-26-55(47(56)62)31-35-23-25-51-39-18-11-10-16-37(35)39/h7-25,36,40-43,54,57H,26-31H2,1-6H3,(H,52,59)(H,53,58)(H,60,61)/t36-,40-,41-,42+,43+/m0/s1. The molecule has 5 aromatic rings. The number of aliphatic hydroxyl groups is 1. The summed E-state index contributed by atoms with van der Waals surface area (Å²) in [5.74, 6) is -0.929. The molecule has 1 aliphatic heterocycles. The molecule has 2 aromatic heterocycles. The fraction of sp³-hybridized carbons (Fsp3) is 0.388. The minimum absolute atomic E-state index is 0.0379. The Morgan fingerprint density at radius 3 is 2.05 bits per heavy atom. The first-order chi connectivity index (χ1) is 29.5. The van der Waals surface area contributed by atoms with Gasteiger partial charge in [0, 0.05) is 49.0 Å². The fourth-order valence-electron chi connectivity index (χ4n) is 8.26. The Kier molecular flexibility index (Phi) is 14.3. The Labute approximate surface area is 364 Å². The van der Waals surface area contributed by atoms with Crippen LogP contribution in [0.15, 0.2) is 116 Å². The third kappa shape index (κ3) is 11.5. The molecule has 0 saturated carbocycles. The lowest BCUT2D eigenvalue weighted by molar-refractivity contribution is -0.130. The van der Waals surface area contributed by atoms with Crippen LogP contribution in [-0.4, -0.2) is 97.3 Å². The molecule has 0 spiro atoms. The maximum Gasteiger partial charge on any atom is 0.405 e. The first-order valence-electron chi connectivity index (χ1n) is 21.2. The number of pyridine rings is 2. The Morgan fingerprint density at radius 2 is 1.39 bits per heavy atom. The van der Waals surface area contributed by atoms with Gasteiger partial charge in [0.05, 0.1) is 23.4 Å². The largest absolute Gasteiger partial charge is 0.465 e. The van der Waals surface area contributed by atoms with Crippen LogP contribution in [0.1, 0.15) is 64.7 Å². The average Bonchev–Trinajstić information content (AvgIpc) is 3.57. The van der Waals surface area contributed by atoms with E-state index in [0.717, 1.165) is 38.9 Å². The highest BCUT2D eigenvalue weighted by molar-refractivity contribution is 5.89. The van der Waals surface area contributed by atoms with Crippen molar-refractivity contribution in [1.82, 2.24) is 35.7 Å². The molecule has 0 aliphatic carbocycles. The van der Waals surface area contributed by atoms with Gasteiger partial charge >= 0.3 is 12.1 Å². The van der Waals surface area contributed by atoms with Crippen molar-refractivity contribution in [3.63, 3.8) is 0 Å². The second-order valence-electron chi connectivity index (χ2n) is 18.3. The van der Waals surface area contributed by atoms with Gasteiger partial charge in [0.1, 0.15) is 12.1 Å². The van der Waals surface area contributed by atoms with Crippen molar-refractivity contribution in [3.8, 4) is 11.3 Å². The normalized spacial score (nSPS) is 15.7. The second-order valence-corrected chi connectivity index (χ2v) is 18.3. The molecule has 62 heavy (non-hydrogen) atoms. The van der Waals surface area contributed by atoms with Gasteiger partial charge in [0.25, 0.3) is 0 Å². The van der Waals surface area contributed by atoms with Crippen molar-refractivity contribution in [2.45, 2.75) is 97.6 Å². The van der Waals surface area contributed by atoms with Crippen LogP contribution in [0.3, 0.4) is 0 Å². The minimum Gasteiger partial charge on any atom is -0.465 e. The van der Waals surface area contributed by atoms with Gasteiger partial charge in [-0.1, -0.05) is 120 Å². The number of aliphatic hydroxyl groups excluding tert-OH is 1. The first kappa shape index (κ1) is 45.2. The lowest BCUT2D eigenvalue weighted by Crippen LogP contribution is -2.59. The van der Waals surface area contributed by atoms with E-state index in [1.54, 1.807) is 43.0 Å². The third-order valence-electron chi connectivity index (χ3n) is 11.4. The van der Waals surface area contributed by atoms with Gasteiger partial charge in [-0.25, -0.2) is 9.59 Å². The Morgan fingerprint density at radius 1 is 0.710 bits per heavy atom. The highest BCUT2D eigenvalue weighted by Gasteiger charge is 2.44. The Balaban J connectivity index is 1.25. The molecule has 6 rings (SSSR count). The van der Waals surface area contributed by atoms with Gasteiger partial charge in [-0.3, -0.25) is 19.6 Å². The van der Waals surface area contributed by atoms with Gasteiger partial charge in [-0.15, -0.1) is 0 Å². The summed E-state index contributed by atoms with van der Waals surface area (Å²) in [6.07, 6.45) is 1.54. The molecule has 1 saturated heterocycles. The molecule has 13 nitrogen and oxygen atoms in total. The smallest absolute Gasteiger partial charge is 0.405 e. The van der Waals surface area contributed by atoms with E-state index >= 15 is 0 Å². The highest BCUT2D eigenvalue weighted by Crippen LogP contribution is 2.30. The van der Waals surface area contributed by atoms with E-state index in [9.17, 15) is 29.4 Å². The molecule has 3 heterocycles. The number of fused-ring (bicyclic) bond motifs is 1. The highest BCUT2D eigenvalue weighted by atomic mass is 16.4. The number of nitrogens with zero attached hydrogens (tertiary/aromatic N) is 4. The number of amides is 5. The molecule has 0 radical (unpaired) electrons. The number of nitrogens with one attached hydrogen (secondary N) is 3. The number of benzene rings is 3. The molecule has 326 valence electrons. The zero-order chi connectivity index (χ0) is 44.6. The molecule has 1 fully saturated rings. The lowest BCUT2D eigenvalue weighted by atomic mass is 9.84. The van der Waals surface area contributed by atoms with E-state index in [4.69, 9.17) is 0 Å². The molecular formula is C49H59N7O6. The molecule has 5 atom stereocenters. The summed E-state index contributed by atoms with van der Waals surface area (Å²) in [6, 6.07) is 29.0. The Hall–Kier alpha value is -6.34. The summed E-state index contributed by atoms with van der Waals surface area (Å²) in [7, 11) is 0. The second kappa shape index (κ2) is 19.6. The van der Waals surface area contributed by atoms with Crippen molar-refractivity contribution in [1.29, 1.82) is 0 Å². The van der Waals surface area contributed by atoms with Gasteiger partial charge in [-0.05, 0) is 71.0 Å². The van der Waals surface area contributed by atoms with E-state index < -0.39 is 53.1 Å². The molecule has 0 unspecified atom stereocenters. The quantitative estimate of drug-likeness (QED) is 0.0718. The molecular weight excluding hydrogens is 783 g/mol. The number of urea groups is 1. The van der Waals surface area contributed by atoms with Crippen LogP contribution in [0.5, 0.6) is 0 Å². The minimum atomic E-state index is -1.34. The van der Waals surface area contributed by atoms with E-state index in [0.29, 0.717) is 26.1 Å². The number of carbonyl (C=O) groups is 4. The van der Waals surface area contributed by atoms with Gasteiger partial charge < -0.3 is 36.0 Å². The number of rotatable bonds is 16. The van der Waals surface area contributed by atoms with Crippen LogP contribution in [0, 0.1) is 10.8 Å². The van der Waals surface area contributed by atoms with Crippen LogP contribution in [-0.2, 0) is 29.0 Å². The molecule has 3 aromatic carbocycles. The monoisotopic (exact) mass is 841 g/mol. The SMILES string of the molecule is CC(C)(C)[C@H](NC(=O)O)C(=O)N[C@@H](Cc1ccc(-c2ccccn2)cc1)[C@@H](O)C[C@H](Cc1ccccc1)NC(=O)[C@@H](N1CCN(Cc2ccnc3ccccc23)C1=O)C(C)(C)C. The fourth-order valence-corrected chi connectivity index (χ4v) is 8.26. The van der Waals surface area contributed by atoms with Gasteiger partial charge in [0.2, 0.25) is 11.8 Å². The van der Waals surface area contributed by atoms with Crippen LogP contribution in [0.25, 0.3) is 22.2 Å². The number of para-hydroxylation sites is 1. The predicted molar refractivity (Wildman–Crippen MR) is 240 cm³/mol. The summed E-state index contributed by atoms with van der Waals surface area (Å²) in [6.45, 7) is 12.3. The van der Waals surface area contributed by atoms with Crippen LogP contribution in [0.2, 0.25) is 0 Å².